The van der Waals surface area contributed by atoms with Gasteiger partial charge in [0.25, 0.3) is 0 Å². The smallest absolute Gasteiger partial charge is 0.241 e. The van der Waals surface area contributed by atoms with Crippen molar-refractivity contribution in [3.05, 3.63) is 41.2 Å². The summed E-state index contributed by atoms with van der Waals surface area (Å²) in [5.41, 5.74) is 2.43. The van der Waals surface area contributed by atoms with Crippen LogP contribution in [0.2, 0.25) is 0 Å². The Balaban J connectivity index is 2.31. The summed E-state index contributed by atoms with van der Waals surface area (Å²) in [5.74, 6) is 0.298. The number of hydrogen-bond acceptors (Lipinski definition) is 4. The lowest BCUT2D eigenvalue weighted by atomic mass is 10.1. The number of aryl methyl sites for hydroxylation is 3. The second-order valence-electron chi connectivity index (χ2n) is 4.95. The lowest BCUT2D eigenvalue weighted by molar-refractivity contribution is 0.295. The summed E-state index contributed by atoms with van der Waals surface area (Å²) in [6, 6.07) is 3.38. The van der Waals surface area contributed by atoms with Crippen LogP contribution >= 0.6 is 0 Å². The van der Waals surface area contributed by atoms with Gasteiger partial charge in [-0.2, -0.15) is 5.10 Å². The molecule has 0 radical (unpaired) electrons. The van der Waals surface area contributed by atoms with E-state index in [2.05, 4.69) is 5.10 Å². The van der Waals surface area contributed by atoms with Crippen molar-refractivity contribution >= 4 is 10.0 Å². The molecule has 0 atom stereocenters. The molecule has 0 saturated heterocycles. The standard InChI is InChI=1S/C14H19N3O3S/c1-4-17-8-12(7-16-17)9-20-14-11(3)5-10(2)6-13(14)21(15,18)19/h5-8H,4,9H2,1-3H3,(H2,15,18,19). The summed E-state index contributed by atoms with van der Waals surface area (Å²) < 4.78 is 30.9. The molecule has 0 unspecified atom stereocenters. The molecule has 2 aromatic rings. The molecule has 0 aliphatic carbocycles. The Labute approximate surface area is 124 Å². The van der Waals surface area contributed by atoms with E-state index in [9.17, 15) is 8.42 Å². The Kier molecular flexibility index (Phi) is 4.34. The number of nitrogens with zero attached hydrogens (tertiary/aromatic N) is 2. The quantitative estimate of drug-likeness (QED) is 0.911. The molecule has 114 valence electrons. The monoisotopic (exact) mass is 309 g/mol. The molecule has 0 aliphatic rings. The van der Waals surface area contributed by atoms with Gasteiger partial charge in [-0.05, 0) is 38.0 Å². The van der Waals surface area contributed by atoms with Crippen LogP contribution in [0.3, 0.4) is 0 Å². The third-order valence-electron chi connectivity index (χ3n) is 3.09. The predicted molar refractivity (Wildman–Crippen MR) is 79.5 cm³/mol. The van der Waals surface area contributed by atoms with Crippen molar-refractivity contribution in [1.82, 2.24) is 9.78 Å². The first-order chi connectivity index (χ1) is 9.81. The number of rotatable bonds is 5. The summed E-state index contributed by atoms with van der Waals surface area (Å²) in [6.07, 6.45) is 3.56. The van der Waals surface area contributed by atoms with Crippen LogP contribution in [0.25, 0.3) is 0 Å². The van der Waals surface area contributed by atoms with Gasteiger partial charge in [-0.3, -0.25) is 4.68 Å². The van der Waals surface area contributed by atoms with Crippen LogP contribution in [0.1, 0.15) is 23.6 Å². The van der Waals surface area contributed by atoms with Crippen LogP contribution in [0.4, 0.5) is 0 Å². The number of ether oxygens (including phenoxy) is 1. The SMILES string of the molecule is CCn1cc(COc2c(C)cc(C)cc2S(N)(=O)=O)cn1. The van der Waals surface area contributed by atoms with E-state index in [1.54, 1.807) is 17.8 Å². The number of benzene rings is 1. The van der Waals surface area contributed by atoms with Crippen molar-refractivity contribution in [2.75, 3.05) is 0 Å². The maximum atomic E-state index is 11.7. The maximum absolute atomic E-state index is 11.7. The molecule has 0 spiro atoms. The minimum absolute atomic E-state index is 0.0166. The van der Waals surface area contributed by atoms with Crippen molar-refractivity contribution in [1.29, 1.82) is 0 Å². The van der Waals surface area contributed by atoms with E-state index in [1.807, 2.05) is 26.1 Å². The molecule has 2 rings (SSSR count). The zero-order chi connectivity index (χ0) is 15.6. The van der Waals surface area contributed by atoms with Crippen LogP contribution in [0, 0.1) is 13.8 Å². The van der Waals surface area contributed by atoms with Gasteiger partial charge in [0.1, 0.15) is 17.3 Å². The fraction of sp³-hybridized carbons (Fsp3) is 0.357. The molecular formula is C14H19N3O3S. The molecule has 1 aromatic carbocycles. The predicted octanol–water partition coefficient (Wildman–Crippen LogP) is 1.75. The first kappa shape index (κ1) is 15.5. The number of hydrogen-bond donors (Lipinski definition) is 1. The van der Waals surface area contributed by atoms with E-state index in [0.29, 0.717) is 5.75 Å². The highest BCUT2D eigenvalue weighted by Gasteiger charge is 2.18. The van der Waals surface area contributed by atoms with Gasteiger partial charge in [-0.25, -0.2) is 13.6 Å². The van der Waals surface area contributed by atoms with E-state index in [-0.39, 0.29) is 11.5 Å². The van der Waals surface area contributed by atoms with E-state index in [1.165, 1.54) is 6.07 Å². The fourth-order valence-corrected chi connectivity index (χ4v) is 2.95. The van der Waals surface area contributed by atoms with Crippen molar-refractivity contribution in [3.63, 3.8) is 0 Å². The molecule has 2 N–H and O–H groups in total. The van der Waals surface area contributed by atoms with Crippen LogP contribution in [0.5, 0.6) is 5.75 Å². The first-order valence-electron chi connectivity index (χ1n) is 6.59. The van der Waals surface area contributed by atoms with Gasteiger partial charge in [0.05, 0.1) is 6.20 Å². The zero-order valence-electron chi connectivity index (χ0n) is 12.3. The van der Waals surface area contributed by atoms with Gasteiger partial charge >= 0.3 is 0 Å². The summed E-state index contributed by atoms with van der Waals surface area (Å²) in [5, 5.41) is 9.41. The summed E-state index contributed by atoms with van der Waals surface area (Å²) in [7, 11) is -3.83. The molecular weight excluding hydrogens is 290 g/mol. The van der Waals surface area contributed by atoms with Crippen LogP contribution in [-0.4, -0.2) is 18.2 Å². The van der Waals surface area contributed by atoms with Gasteiger partial charge in [-0.1, -0.05) is 6.07 Å². The Morgan fingerprint density at radius 1 is 1.33 bits per heavy atom. The van der Waals surface area contributed by atoms with Gasteiger partial charge in [0.2, 0.25) is 10.0 Å². The fourth-order valence-electron chi connectivity index (χ4n) is 2.12. The van der Waals surface area contributed by atoms with Gasteiger partial charge in [-0.15, -0.1) is 0 Å². The average Bonchev–Trinajstić information content (AvgIpc) is 2.83. The number of primary sulfonamides is 1. The zero-order valence-corrected chi connectivity index (χ0v) is 13.1. The second-order valence-corrected chi connectivity index (χ2v) is 6.48. The lowest BCUT2D eigenvalue weighted by Gasteiger charge is -2.13. The maximum Gasteiger partial charge on any atom is 0.241 e. The summed E-state index contributed by atoms with van der Waals surface area (Å²) in [6.45, 7) is 6.61. The minimum Gasteiger partial charge on any atom is -0.487 e. The summed E-state index contributed by atoms with van der Waals surface area (Å²) >= 11 is 0. The first-order valence-corrected chi connectivity index (χ1v) is 8.14. The Hall–Kier alpha value is -1.86. The Bertz CT molecular complexity index is 751. The van der Waals surface area contributed by atoms with Crippen LogP contribution in [0.15, 0.2) is 29.4 Å². The summed E-state index contributed by atoms with van der Waals surface area (Å²) in [4.78, 5) is 0.0166. The second kappa shape index (κ2) is 5.87. The molecule has 0 amide bonds. The Morgan fingerprint density at radius 3 is 2.62 bits per heavy atom. The molecule has 0 fully saturated rings. The molecule has 0 aliphatic heterocycles. The molecule has 7 heteroatoms. The minimum atomic E-state index is -3.83. The largest absolute Gasteiger partial charge is 0.487 e. The Morgan fingerprint density at radius 2 is 2.05 bits per heavy atom. The van der Waals surface area contributed by atoms with Gasteiger partial charge < -0.3 is 4.74 Å². The molecule has 0 saturated carbocycles. The van der Waals surface area contributed by atoms with Gasteiger partial charge in [0, 0.05) is 18.3 Å². The number of nitrogens with two attached hydrogens (primary N) is 1. The van der Waals surface area contributed by atoms with Crippen molar-refractivity contribution < 1.29 is 13.2 Å². The van der Waals surface area contributed by atoms with Crippen molar-refractivity contribution in [2.24, 2.45) is 5.14 Å². The molecule has 1 aromatic heterocycles. The van der Waals surface area contributed by atoms with Gasteiger partial charge in [0.15, 0.2) is 0 Å². The number of aromatic nitrogens is 2. The molecule has 21 heavy (non-hydrogen) atoms. The third-order valence-corrected chi connectivity index (χ3v) is 4.00. The van der Waals surface area contributed by atoms with Crippen LogP contribution < -0.4 is 9.88 Å². The molecule has 1 heterocycles. The highest BCUT2D eigenvalue weighted by molar-refractivity contribution is 7.89. The lowest BCUT2D eigenvalue weighted by Crippen LogP contribution is -2.15. The van der Waals surface area contributed by atoms with Crippen molar-refractivity contribution in [3.8, 4) is 5.75 Å². The topological polar surface area (TPSA) is 87.2 Å². The van der Waals surface area contributed by atoms with Crippen molar-refractivity contribution in [2.45, 2.75) is 38.8 Å². The van der Waals surface area contributed by atoms with E-state index in [4.69, 9.17) is 9.88 Å². The highest BCUT2D eigenvalue weighted by atomic mass is 32.2. The van der Waals surface area contributed by atoms with E-state index in [0.717, 1.165) is 23.2 Å². The highest BCUT2D eigenvalue weighted by Crippen LogP contribution is 2.29. The number of sulfonamides is 1. The van der Waals surface area contributed by atoms with E-state index >= 15 is 0 Å². The average molecular weight is 309 g/mol. The molecule has 6 nitrogen and oxygen atoms in total. The molecule has 0 bridgehead atoms. The third kappa shape index (κ3) is 3.62. The van der Waals surface area contributed by atoms with E-state index < -0.39 is 10.0 Å². The van der Waals surface area contributed by atoms with Crippen LogP contribution in [-0.2, 0) is 23.2 Å². The normalized spacial score (nSPS) is 11.6.